The van der Waals surface area contributed by atoms with Crippen molar-refractivity contribution in [2.45, 2.75) is 4.90 Å². The molecule has 0 unspecified atom stereocenters. The number of benzene rings is 3. The van der Waals surface area contributed by atoms with Gasteiger partial charge in [-0.2, -0.15) is 0 Å². The van der Waals surface area contributed by atoms with Crippen LogP contribution in [-0.2, 0) is 10.0 Å². The zero-order valence-electron chi connectivity index (χ0n) is 15.2. The molecule has 29 heavy (non-hydrogen) atoms. The van der Waals surface area contributed by atoms with Gasteiger partial charge in [0.15, 0.2) is 0 Å². The van der Waals surface area contributed by atoms with Crippen LogP contribution < -0.4 is 10.0 Å². The van der Waals surface area contributed by atoms with Gasteiger partial charge in [0.25, 0.3) is 15.9 Å². The Morgan fingerprint density at radius 3 is 2.31 bits per heavy atom. The van der Waals surface area contributed by atoms with Crippen molar-refractivity contribution in [3.8, 4) is 0 Å². The summed E-state index contributed by atoms with van der Waals surface area (Å²) in [5, 5.41) is 3.68. The zero-order chi connectivity index (χ0) is 20.3. The van der Waals surface area contributed by atoms with Crippen LogP contribution in [0.15, 0.2) is 96.0 Å². The number of nitrogens with one attached hydrogen (secondary N) is 2. The first-order valence-corrected chi connectivity index (χ1v) is 10.3. The summed E-state index contributed by atoms with van der Waals surface area (Å²) in [4.78, 5) is 17.0. The molecule has 0 atom stereocenters. The molecule has 1 amide bonds. The minimum atomic E-state index is -3.73. The molecule has 1 heterocycles. The highest BCUT2D eigenvalue weighted by molar-refractivity contribution is 7.92. The number of nitrogens with zero attached hydrogens (tertiary/aromatic N) is 1. The molecule has 0 bridgehead atoms. The normalized spacial score (nSPS) is 11.2. The maximum atomic E-state index is 12.6. The van der Waals surface area contributed by atoms with E-state index in [9.17, 15) is 13.2 Å². The molecule has 3 aromatic carbocycles. The first kappa shape index (κ1) is 18.6. The van der Waals surface area contributed by atoms with Crippen molar-refractivity contribution in [1.82, 2.24) is 4.98 Å². The van der Waals surface area contributed by atoms with Crippen LogP contribution in [0, 0.1) is 0 Å². The van der Waals surface area contributed by atoms with E-state index in [0.717, 1.165) is 10.9 Å². The Bertz CT molecular complexity index is 1270. The molecular weight excluding hydrogens is 386 g/mol. The van der Waals surface area contributed by atoms with Crippen LogP contribution >= 0.6 is 0 Å². The molecule has 0 spiro atoms. The number of aromatic nitrogens is 1. The van der Waals surface area contributed by atoms with Gasteiger partial charge in [-0.3, -0.25) is 14.5 Å². The number of hydrogen-bond acceptors (Lipinski definition) is 4. The Morgan fingerprint density at radius 1 is 0.793 bits per heavy atom. The maximum absolute atomic E-state index is 12.6. The summed E-state index contributed by atoms with van der Waals surface area (Å²) in [6, 6.07) is 23.6. The molecule has 0 saturated heterocycles. The smallest absolute Gasteiger partial charge is 0.261 e. The topological polar surface area (TPSA) is 88.2 Å². The highest BCUT2D eigenvalue weighted by Crippen LogP contribution is 2.22. The second kappa shape index (κ2) is 7.73. The molecule has 144 valence electrons. The summed E-state index contributed by atoms with van der Waals surface area (Å²) in [5.74, 6) is -0.332. The van der Waals surface area contributed by atoms with E-state index < -0.39 is 10.0 Å². The standard InChI is InChI=1S/C22H17N3O3S/c26-22(24-21-10-4-9-20-19(21)8-5-15-23-20)16-11-13-18(14-12-16)29(27,28)25-17-6-2-1-3-7-17/h1-15,25H,(H,24,26). The number of hydrogen-bond donors (Lipinski definition) is 2. The Balaban J connectivity index is 1.53. The van der Waals surface area contributed by atoms with Crippen LogP contribution in [-0.4, -0.2) is 19.3 Å². The summed E-state index contributed by atoms with van der Waals surface area (Å²) >= 11 is 0. The summed E-state index contributed by atoms with van der Waals surface area (Å²) in [6.07, 6.45) is 1.69. The van der Waals surface area contributed by atoms with Crippen molar-refractivity contribution in [2.75, 3.05) is 10.0 Å². The molecule has 0 aliphatic heterocycles. The molecule has 7 heteroatoms. The predicted molar refractivity (Wildman–Crippen MR) is 113 cm³/mol. The number of anilines is 2. The Kier molecular flexibility index (Phi) is 4.97. The van der Waals surface area contributed by atoms with Gasteiger partial charge in [0.05, 0.1) is 16.1 Å². The third-order valence-electron chi connectivity index (χ3n) is 4.35. The van der Waals surface area contributed by atoms with Crippen LogP contribution in [0.3, 0.4) is 0 Å². The van der Waals surface area contributed by atoms with Crippen molar-refractivity contribution in [2.24, 2.45) is 0 Å². The van der Waals surface area contributed by atoms with Crippen LogP contribution in [0.25, 0.3) is 10.9 Å². The molecule has 0 fully saturated rings. The van der Waals surface area contributed by atoms with Gasteiger partial charge >= 0.3 is 0 Å². The van der Waals surface area contributed by atoms with Gasteiger partial charge in [0.2, 0.25) is 0 Å². The lowest BCUT2D eigenvalue weighted by Gasteiger charge is -2.10. The maximum Gasteiger partial charge on any atom is 0.261 e. The molecule has 2 N–H and O–H groups in total. The van der Waals surface area contributed by atoms with Crippen molar-refractivity contribution >= 4 is 38.2 Å². The van der Waals surface area contributed by atoms with Crippen molar-refractivity contribution in [3.05, 3.63) is 96.7 Å². The van der Waals surface area contributed by atoms with Gasteiger partial charge in [-0.05, 0) is 60.7 Å². The monoisotopic (exact) mass is 403 g/mol. The minimum Gasteiger partial charge on any atom is -0.321 e. The van der Waals surface area contributed by atoms with Crippen LogP contribution in [0.1, 0.15) is 10.4 Å². The lowest BCUT2D eigenvalue weighted by Crippen LogP contribution is -2.15. The third kappa shape index (κ3) is 4.09. The first-order valence-electron chi connectivity index (χ1n) is 8.86. The number of rotatable bonds is 5. The number of fused-ring (bicyclic) bond motifs is 1. The predicted octanol–water partition coefficient (Wildman–Crippen LogP) is 4.29. The Hall–Kier alpha value is -3.71. The molecule has 6 nitrogen and oxygen atoms in total. The average molecular weight is 403 g/mol. The van der Waals surface area contributed by atoms with E-state index in [0.29, 0.717) is 16.9 Å². The second-order valence-corrected chi connectivity index (χ2v) is 8.01. The fourth-order valence-electron chi connectivity index (χ4n) is 2.91. The molecule has 0 aliphatic rings. The number of pyridine rings is 1. The number of sulfonamides is 1. The zero-order valence-corrected chi connectivity index (χ0v) is 16.1. The quantitative estimate of drug-likeness (QED) is 0.520. The second-order valence-electron chi connectivity index (χ2n) is 6.33. The van der Waals surface area contributed by atoms with E-state index in [1.807, 2.05) is 18.2 Å². The fourth-order valence-corrected chi connectivity index (χ4v) is 3.97. The largest absolute Gasteiger partial charge is 0.321 e. The molecule has 4 rings (SSSR count). The number of amides is 1. The van der Waals surface area contributed by atoms with Crippen LogP contribution in [0.5, 0.6) is 0 Å². The van der Waals surface area contributed by atoms with Crippen LogP contribution in [0.2, 0.25) is 0 Å². The summed E-state index contributed by atoms with van der Waals surface area (Å²) in [5.41, 5.74) is 2.24. The first-order chi connectivity index (χ1) is 14.0. The van der Waals surface area contributed by atoms with E-state index >= 15 is 0 Å². The van der Waals surface area contributed by atoms with Crippen molar-refractivity contribution in [1.29, 1.82) is 0 Å². The fraction of sp³-hybridized carbons (Fsp3) is 0. The van der Waals surface area contributed by atoms with E-state index in [1.165, 1.54) is 24.3 Å². The molecule has 0 radical (unpaired) electrons. The molecule has 0 aliphatic carbocycles. The highest BCUT2D eigenvalue weighted by atomic mass is 32.2. The average Bonchev–Trinajstić information content (AvgIpc) is 2.74. The molecular formula is C22H17N3O3S. The molecule has 0 saturated carbocycles. The van der Waals surface area contributed by atoms with Gasteiger partial charge in [-0.1, -0.05) is 24.3 Å². The summed E-state index contributed by atoms with van der Waals surface area (Å²) in [7, 11) is -3.73. The number of carbonyl (C=O) groups is 1. The van der Waals surface area contributed by atoms with E-state index in [-0.39, 0.29) is 10.8 Å². The van der Waals surface area contributed by atoms with E-state index in [2.05, 4.69) is 15.0 Å². The molecule has 4 aromatic rings. The van der Waals surface area contributed by atoms with E-state index in [1.54, 1.807) is 48.7 Å². The Labute approximate surface area is 168 Å². The van der Waals surface area contributed by atoms with Gasteiger partial charge in [-0.15, -0.1) is 0 Å². The minimum absolute atomic E-state index is 0.0762. The number of carbonyl (C=O) groups excluding carboxylic acids is 1. The summed E-state index contributed by atoms with van der Waals surface area (Å²) < 4.78 is 27.5. The van der Waals surface area contributed by atoms with Gasteiger partial charge < -0.3 is 5.32 Å². The molecule has 1 aromatic heterocycles. The lowest BCUT2D eigenvalue weighted by atomic mass is 10.1. The Morgan fingerprint density at radius 2 is 1.55 bits per heavy atom. The van der Waals surface area contributed by atoms with Gasteiger partial charge in [0.1, 0.15) is 0 Å². The van der Waals surface area contributed by atoms with Gasteiger partial charge in [0, 0.05) is 22.8 Å². The lowest BCUT2D eigenvalue weighted by molar-refractivity contribution is 0.102. The van der Waals surface area contributed by atoms with Crippen LogP contribution in [0.4, 0.5) is 11.4 Å². The summed E-state index contributed by atoms with van der Waals surface area (Å²) in [6.45, 7) is 0. The van der Waals surface area contributed by atoms with E-state index in [4.69, 9.17) is 0 Å². The third-order valence-corrected chi connectivity index (χ3v) is 5.74. The van der Waals surface area contributed by atoms with Gasteiger partial charge in [-0.25, -0.2) is 8.42 Å². The number of para-hydroxylation sites is 1. The van der Waals surface area contributed by atoms with Crippen molar-refractivity contribution < 1.29 is 13.2 Å². The SMILES string of the molecule is O=C(Nc1cccc2ncccc12)c1ccc(S(=O)(=O)Nc2ccccc2)cc1. The van der Waals surface area contributed by atoms with Crippen molar-refractivity contribution in [3.63, 3.8) is 0 Å². The highest BCUT2D eigenvalue weighted by Gasteiger charge is 2.15.